The summed E-state index contributed by atoms with van der Waals surface area (Å²) in [5.74, 6) is -1.69. The number of carbonyl (C=O) groups excluding carboxylic acids is 3. The second-order valence-corrected chi connectivity index (χ2v) is 7.29. The van der Waals surface area contributed by atoms with Crippen molar-refractivity contribution in [3.8, 4) is 0 Å². The fourth-order valence-electron chi connectivity index (χ4n) is 3.55. The van der Waals surface area contributed by atoms with Crippen LogP contribution in [0.15, 0.2) is 54.6 Å². The summed E-state index contributed by atoms with van der Waals surface area (Å²) in [6.45, 7) is 2.09. The third-order valence-electron chi connectivity index (χ3n) is 5.12. The van der Waals surface area contributed by atoms with E-state index < -0.39 is 17.6 Å². The van der Waals surface area contributed by atoms with Gasteiger partial charge in [0.1, 0.15) is 5.82 Å². The normalized spacial score (nSPS) is 17.1. The number of nitrogens with zero attached hydrogens (tertiary/aromatic N) is 2. The predicted octanol–water partition coefficient (Wildman–Crippen LogP) is 2.83. The zero-order valence-electron chi connectivity index (χ0n) is 16.5. The first-order valence-electron chi connectivity index (χ1n) is 9.50. The van der Waals surface area contributed by atoms with Crippen LogP contribution in [-0.4, -0.2) is 47.7 Å². The number of amides is 3. The summed E-state index contributed by atoms with van der Waals surface area (Å²) >= 11 is 0. The molecule has 3 amide bonds. The number of nitrogens with one attached hydrogen (secondary N) is 1. The lowest BCUT2D eigenvalue weighted by Crippen LogP contribution is -2.39. The Morgan fingerprint density at radius 2 is 1.93 bits per heavy atom. The van der Waals surface area contributed by atoms with Crippen LogP contribution >= 0.6 is 0 Å². The molecule has 0 spiro atoms. The number of hydrogen-bond acceptors (Lipinski definition) is 3. The van der Waals surface area contributed by atoms with E-state index in [1.807, 2.05) is 37.3 Å². The number of likely N-dealkylation sites (tertiary alicyclic amines) is 1. The molecule has 0 radical (unpaired) electrons. The summed E-state index contributed by atoms with van der Waals surface area (Å²) in [6, 6.07) is 15.1. The molecule has 1 saturated heterocycles. The molecule has 0 saturated carbocycles. The van der Waals surface area contributed by atoms with Crippen LogP contribution in [0.4, 0.5) is 10.1 Å². The number of anilines is 1. The first kappa shape index (κ1) is 20.5. The van der Waals surface area contributed by atoms with Gasteiger partial charge in [-0.3, -0.25) is 14.4 Å². The summed E-state index contributed by atoms with van der Waals surface area (Å²) in [4.78, 5) is 40.4. The van der Waals surface area contributed by atoms with Crippen molar-refractivity contribution in [3.63, 3.8) is 0 Å². The van der Waals surface area contributed by atoms with Gasteiger partial charge < -0.3 is 15.1 Å². The van der Waals surface area contributed by atoms with Gasteiger partial charge in [-0.05, 0) is 30.7 Å². The monoisotopic (exact) mass is 397 g/mol. The van der Waals surface area contributed by atoms with Gasteiger partial charge in [-0.15, -0.1) is 0 Å². The highest BCUT2D eigenvalue weighted by molar-refractivity contribution is 5.96. The SMILES string of the molecule is C[C@@H](c1ccccc1)N1C[C@@H](C(=O)N(C)CC(=O)Nc2cccc(F)c2)CC1=O. The molecule has 29 heavy (non-hydrogen) atoms. The van der Waals surface area contributed by atoms with E-state index in [9.17, 15) is 18.8 Å². The van der Waals surface area contributed by atoms with E-state index in [2.05, 4.69) is 5.32 Å². The van der Waals surface area contributed by atoms with Crippen LogP contribution in [-0.2, 0) is 14.4 Å². The molecule has 3 rings (SSSR count). The maximum Gasteiger partial charge on any atom is 0.243 e. The van der Waals surface area contributed by atoms with Crippen LogP contribution < -0.4 is 5.32 Å². The second kappa shape index (κ2) is 8.86. The molecule has 2 aromatic carbocycles. The average Bonchev–Trinajstić information content (AvgIpc) is 3.09. The first-order valence-corrected chi connectivity index (χ1v) is 9.50. The van der Waals surface area contributed by atoms with E-state index >= 15 is 0 Å². The fraction of sp³-hybridized carbons (Fsp3) is 0.318. The smallest absolute Gasteiger partial charge is 0.243 e. The molecule has 0 aliphatic carbocycles. The Morgan fingerprint density at radius 3 is 2.62 bits per heavy atom. The van der Waals surface area contributed by atoms with Gasteiger partial charge >= 0.3 is 0 Å². The Kier molecular flexibility index (Phi) is 6.26. The van der Waals surface area contributed by atoms with Crippen LogP contribution in [0, 0.1) is 11.7 Å². The van der Waals surface area contributed by atoms with Crippen molar-refractivity contribution in [2.45, 2.75) is 19.4 Å². The van der Waals surface area contributed by atoms with Gasteiger partial charge in [-0.2, -0.15) is 0 Å². The minimum absolute atomic E-state index is 0.0719. The van der Waals surface area contributed by atoms with Gasteiger partial charge in [-0.1, -0.05) is 36.4 Å². The fourth-order valence-corrected chi connectivity index (χ4v) is 3.55. The molecular weight excluding hydrogens is 373 g/mol. The quantitative estimate of drug-likeness (QED) is 0.815. The highest BCUT2D eigenvalue weighted by Gasteiger charge is 2.38. The van der Waals surface area contributed by atoms with Gasteiger partial charge in [0.2, 0.25) is 17.7 Å². The van der Waals surface area contributed by atoms with Gasteiger partial charge in [0.05, 0.1) is 18.5 Å². The number of benzene rings is 2. The Morgan fingerprint density at radius 1 is 1.21 bits per heavy atom. The number of likely N-dealkylation sites (N-methyl/N-ethyl adjacent to an activating group) is 1. The lowest BCUT2D eigenvalue weighted by molar-refractivity contribution is -0.137. The van der Waals surface area contributed by atoms with Crippen LogP contribution in [0.2, 0.25) is 0 Å². The zero-order chi connectivity index (χ0) is 21.0. The summed E-state index contributed by atoms with van der Waals surface area (Å²) in [5, 5.41) is 2.57. The van der Waals surface area contributed by atoms with Gasteiger partial charge in [0.25, 0.3) is 0 Å². The molecule has 2 aromatic rings. The number of carbonyl (C=O) groups is 3. The maximum absolute atomic E-state index is 13.2. The van der Waals surface area contributed by atoms with E-state index in [0.717, 1.165) is 5.56 Å². The molecule has 1 fully saturated rings. The predicted molar refractivity (Wildman–Crippen MR) is 107 cm³/mol. The van der Waals surface area contributed by atoms with E-state index in [4.69, 9.17) is 0 Å². The van der Waals surface area contributed by atoms with E-state index in [1.165, 1.54) is 30.1 Å². The van der Waals surface area contributed by atoms with Gasteiger partial charge in [-0.25, -0.2) is 4.39 Å². The largest absolute Gasteiger partial charge is 0.336 e. The minimum Gasteiger partial charge on any atom is -0.336 e. The van der Waals surface area contributed by atoms with E-state index in [0.29, 0.717) is 12.2 Å². The Hall–Kier alpha value is -3.22. The Balaban J connectivity index is 1.57. The van der Waals surface area contributed by atoms with E-state index in [-0.39, 0.29) is 30.8 Å². The average molecular weight is 397 g/mol. The highest BCUT2D eigenvalue weighted by Crippen LogP contribution is 2.29. The Bertz CT molecular complexity index is 903. The number of rotatable bonds is 6. The molecule has 0 unspecified atom stereocenters. The molecule has 0 bridgehead atoms. The number of halogens is 1. The van der Waals surface area contributed by atoms with Crippen molar-refractivity contribution in [2.75, 3.05) is 25.5 Å². The van der Waals surface area contributed by atoms with Crippen molar-refractivity contribution < 1.29 is 18.8 Å². The topological polar surface area (TPSA) is 69.7 Å². The molecule has 7 heteroatoms. The standard InChI is InChI=1S/C22H24FN3O3/c1-15(16-7-4-3-5-8-16)26-13-17(11-21(26)28)22(29)25(2)14-20(27)24-19-10-6-9-18(23)12-19/h3-10,12,15,17H,11,13-14H2,1-2H3,(H,24,27)/t15-,17-/m0/s1. The number of hydrogen-bond donors (Lipinski definition) is 1. The minimum atomic E-state index is -0.486. The molecule has 6 nitrogen and oxygen atoms in total. The molecular formula is C22H24FN3O3. The van der Waals surface area contributed by atoms with Crippen molar-refractivity contribution in [1.82, 2.24) is 9.80 Å². The van der Waals surface area contributed by atoms with Crippen LogP contribution in [0.5, 0.6) is 0 Å². The van der Waals surface area contributed by atoms with Crippen molar-refractivity contribution in [2.24, 2.45) is 5.92 Å². The highest BCUT2D eigenvalue weighted by atomic mass is 19.1. The molecule has 0 aromatic heterocycles. The molecule has 1 N–H and O–H groups in total. The zero-order valence-corrected chi connectivity index (χ0v) is 16.5. The van der Waals surface area contributed by atoms with Gasteiger partial charge in [0, 0.05) is 25.7 Å². The third-order valence-corrected chi connectivity index (χ3v) is 5.12. The summed E-state index contributed by atoms with van der Waals surface area (Å²) in [7, 11) is 1.53. The van der Waals surface area contributed by atoms with Crippen molar-refractivity contribution in [1.29, 1.82) is 0 Å². The van der Waals surface area contributed by atoms with E-state index in [1.54, 1.807) is 11.0 Å². The molecule has 1 heterocycles. The summed E-state index contributed by atoms with van der Waals surface area (Å²) in [5.41, 5.74) is 1.34. The van der Waals surface area contributed by atoms with Crippen LogP contribution in [0.1, 0.15) is 24.9 Å². The molecule has 1 aliphatic heterocycles. The first-order chi connectivity index (χ1) is 13.8. The third kappa shape index (κ3) is 4.99. The lowest BCUT2D eigenvalue weighted by atomic mass is 10.1. The maximum atomic E-state index is 13.2. The lowest BCUT2D eigenvalue weighted by Gasteiger charge is -2.26. The van der Waals surface area contributed by atoms with Crippen molar-refractivity contribution >= 4 is 23.4 Å². The summed E-state index contributed by atoms with van der Waals surface area (Å²) < 4.78 is 13.2. The van der Waals surface area contributed by atoms with Crippen LogP contribution in [0.25, 0.3) is 0 Å². The molecule has 152 valence electrons. The van der Waals surface area contributed by atoms with Crippen molar-refractivity contribution in [3.05, 3.63) is 66.0 Å². The molecule has 2 atom stereocenters. The Labute approximate surface area is 169 Å². The van der Waals surface area contributed by atoms with Gasteiger partial charge in [0.15, 0.2) is 0 Å². The summed E-state index contributed by atoms with van der Waals surface area (Å²) in [6.07, 6.45) is 0.131. The second-order valence-electron chi connectivity index (χ2n) is 7.29. The molecule has 1 aliphatic rings. The van der Waals surface area contributed by atoms with Crippen LogP contribution in [0.3, 0.4) is 0 Å².